The van der Waals surface area contributed by atoms with Crippen molar-refractivity contribution in [2.75, 3.05) is 16.8 Å². The van der Waals surface area contributed by atoms with Crippen molar-refractivity contribution in [2.24, 2.45) is 0 Å². The van der Waals surface area contributed by atoms with E-state index in [1.807, 2.05) is 24.3 Å². The number of anilines is 3. The number of halogens is 1. The number of aromatic amines is 1. The van der Waals surface area contributed by atoms with E-state index in [1.165, 1.54) is 24.6 Å². The van der Waals surface area contributed by atoms with E-state index in [1.54, 1.807) is 12.4 Å². The van der Waals surface area contributed by atoms with Crippen LogP contribution in [-0.2, 0) is 0 Å². The van der Waals surface area contributed by atoms with Gasteiger partial charge in [0.2, 0.25) is 0 Å². The zero-order valence-electron chi connectivity index (χ0n) is 14.9. The molecule has 0 bridgehead atoms. The number of nitrogens with zero attached hydrogens (tertiary/aromatic N) is 4. The van der Waals surface area contributed by atoms with Crippen molar-refractivity contribution < 1.29 is 4.39 Å². The maximum atomic E-state index is 14.3. The van der Waals surface area contributed by atoms with Crippen LogP contribution >= 0.6 is 0 Å². The predicted octanol–water partition coefficient (Wildman–Crippen LogP) is 4.30. The molecule has 1 atom stereocenters. The molecule has 5 rings (SSSR count). The lowest BCUT2D eigenvalue weighted by atomic mass is 10.0. The van der Waals surface area contributed by atoms with E-state index in [0.29, 0.717) is 11.7 Å². The Morgan fingerprint density at radius 1 is 1.07 bits per heavy atom. The molecule has 1 aliphatic heterocycles. The van der Waals surface area contributed by atoms with Gasteiger partial charge in [0, 0.05) is 35.9 Å². The minimum Gasteiger partial charge on any atom is -0.349 e. The highest BCUT2D eigenvalue weighted by Gasteiger charge is 2.29. The Morgan fingerprint density at radius 3 is 2.81 bits per heavy atom. The van der Waals surface area contributed by atoms with Gasteiger partial charge in [-0.15, -0.1) is 0 Å². The van der Waals surface area contributed by atoms with Gasteiger partial charge in [0.15, 0.2) is 5.82 Å². The molecule has 27 heavy (non-hydrogen) atoms. The van der Waals surface area contributed by atoms with Crippen molar-refractivity contribution in [1.29, 1.82) is 0 Å². The Balaban J connectivity index is 1.38. The van der Waals surface area contributed by atoms with Crippen LogP contribution in [-0.4, -0.2) is 26.7 Å². The average molecular weight is 364 g/mol. The average Bonchev–Trinajstić information content (AvgIpc) is 3.23. The molecule has 2 aliphatic rings. The summed E-state index contributed by atoms with van der Waals surface area (Å²) in [7, 11) is 0. The molecule has 3 aromatic rings. The molecule has 1 unspecified atom stereocenters. The maximum absolute atomic E-state index is 14.3. The first-order valence-corrected chi connectivity index (χ1v) is 9.43. The summed E-state index contributed by atoms with van der Waals surface area (Å²) in [5, 5.41) is 10.6. The molecule has 1 saturated carbocycles. The first kappa shape index (κ1) is 16.2. The van der Waals surface area contributed by atoms with Gasteiger partial charge in [-0.3, -0.25) is 5.10 Å². The van der Waals surface area contributed by atoms with Gasteiger partial charge < -0.3 is 10.2 Å². The smallest absolute Gasteiger partial charge is 0.153 e. The zero-order chi connectivity index (χ0) is 18.2. The van der Waals surface area contributed by atoms with Gasteiger partial charge in [0.05, 0.1) is 6.04 Å². The third-order valence-corrected chi connectivity index (χ3v) is 5.33. The number of hydrogen-bond acceptors (Lipinski definition) is 5. The standard InChI is InChI=1S/C20H21FN6/c21-15-5-2-1-4-14(15)17-6-3-9-27(17)20-11-18(22-12-23-20)24-19-10-16(25-26-19)13-7-8-13/h1-2,4-5,10-13,17H,3,6-9H2,(H2,22,23,24,25,26). The molecular weight excluding hydrogens is 343 g/mol. The summed E-state index contributed by atoms with van der Waals surface area (Å²) in [5.41, 5.74) is 1.90. The molecule has 7 heteroatoms. The minimum absolute atomic E-state index is 0.000743. The van der Waals surface area contributed by atoms with Crippen LogP contribution < -0.4 is 10.2 Å². The molecule has 2 N–H and O–H groups in total. The van der Waals surface area contributed by atoms with Crippen LogP contribution in [0.5, 0.6) is 0 Å². The quantitative estimate of drug-likeness (QED) is 0.706. The second kappa shape index (κ2) is 6.64. The van der Waals surface area contributed by atoms with E-state index >= 15 is 0 Å². The van der Waals surface area contributed by atoms with Crippen molar-refractivity contribution in [3.63, 3.8) is 0 Å². The summed E-state index contributed by atoms with van der Waals surface area (Å²) in [5.74, 6) is 2.71. The minimum atomic E-state index is -0.161. The number of hydrogen-bond donors (Lipinski definition) is 2. The third-order valence-electron chi connectivity index (χ3n) is 5.33. The van der Waals surface area contributed by atoms with Gasteiger partial charge in [0.25, 0.3) is 0 Å². The summed E-state index contributed by atoms with van der Waals surface area (Å²) in [6.07, 6.45) is 5.92. The molecule has 1 saturated heterocycles. The van der Waals surface area contributed by atoms with Gasteiger partial charge in [0.1, 0.15) is 23.8 Å². The second-order valence-corrected chi connectivity index (χ2v) is 7.24. The van der Waals surface area contributed by atoms with Crippen molar-refractivity contribution in [2.45, 2.75) is 37.6 Å². The Labute approximate surface area is 156 Å². The number of rotatable bonds is 5. The molecule has 0 spiro atoms. The maximum Gasteiger partial charge on any atom is 0.153 e. The number of H-pyrrole nitrogens is 1. The van der Waals surface area contributed by atoms with E-state index < -0.39 is 0 Å². The third kappa shape index (κ3) is 3.25. The number of aromatic nitrogens is 4. The predicted molar refractivity (Wildman–Crippen MR) is 102 cm³/mol. The van der Waals surface area contributed by atoms with Gasteiger partial charge in [-0.2, -0.15) is 5.10 Å². The molecule has 1 aromatic carbocycles. The molecule has 2 fully saturated rings. The largest absolute Gasteiger partial charge is 0.349 e. The fraction of sp³-hybridized carbons (Fsp3) is 0.350. The van der Waals surface area contributed by atoms with E-state index in [9.17, 15) is 4.39 Å². The first-order chi connectivity index (χ1) is 13.3. The monoisotopic (exact) mass is 364 g/mol. The van der Waals surface area contributed by atoms with Crippen molar-refractivity contribution in [3.05, 3.63) is 59.8 Å². The molecule has 2 aromatic heterocycles. The Morgan fingerprint density at radius 2 is 1.96 bits per heavy atom. The first-order valence-electron chi connectivity index (χ1n) is 9.43. The molecule has 1 aliphatic carbocycles. The fourth-order valence-corrected chi connectivity index (χ4v) is 3.82. The van der Waals surface area contributed by atoms with Crippen LogP contribution in [0.15, 0.2) is 42.7 Å². The van der Waals surface area contributed by atoms with Crippen LogP contribution in [0, 0.1) is 5.82 Å². The lowest BCUT2D eigenvalue weighted by Crippen LogP contribution is -2.24. The highest BCUT2D eigenvalue weighted by Crippen LogP contribution is 2.40. The van der Waals surface area contributed by atoms with Crippen molar-refractivity contribution >= 4 is 17.5 Å². The van der Waals surface area contributed by atoms with Gasteiger partial charge >= 0.3 is 0 Å². The zero-order valence-corrected chi connectivity index (χ0v) is 14.9. The van der Waals surface area contributed by atoms with Crippen LogP contribution in [0.2, 0.25) is 0 Å². The normalized spacial score (nSPS) is 19.4. The Hall–Kier alpha value is -2.96. The highest BCUT2D eigenvalue weighted by molar-refractivity contribution is 5.57. The fourth-order valence-electron chi connectivity index (χ4n) is 3.82. The van der Waals surface area contributed by atoms with E-state index in [2.05, 4.69) is 30.4 Å². The molecule has 0 radical (unpaired) electrons. The van der Waals surface area contributed by atoms with Gasteiger partial charge in [-0.05, 0) is 31.7 Å². The highest BCUT2D eigenvalue weighted by atomic mass is 19.1. The number of benzene rings is 1. The van der Waals surface area contributed by atoms with Gasteiger partial charge in [-0.1, -0.05) is 18.2 Å². The summed E-state index contributed by atoms with van der Waals surface area (Å²) in [6.45, 7) is 0.851. The SMILES string of the molecule is Fc1ccccc1C1CCCN1c1cc(Nc2cc(C3CC3)[nH]n2)ncn1. The lowest BCUT2D eigenvalue weighted by Gasteiger charge is -2.26. The summed E-state index contributed by atoms with van der Waals surface area (Å²) >= 11 is 0. The molecule has 0 amide bonds. The molecule has 6 nitrogen and oxygen atoms in total. The van der Waals surface area contributed by atoms with Gasteiger partial charge in [-0.25, -0.2) is 14.4 Å². The van der Waals surface area contributed by atoms with Crippen molar-refractivity contribution in [1.82, 2.24) is 20.2 Å². The van der Waals surface area contributed by atoms with E-state index in [-0.39, 0.29) is 11.9 Å². The lowest BCUT2D eigenvalue weighted by molar-refractivity contribution is 0.579. The van der Waals surface area contributed by atoms with Crippen LogP contribution in [0.1, 0.15) is 48.9 Å². The number of nitrogens with one attached hydrogen (secondary N) is 2. The van der Waals surface area contributed by atoms with Crippen LogP contribution in [0.3, 0.4) is 0 Å². The Kier molecular flexibility index (Phi) is 3.99. The topological polar surface area (TPSA) is 69.7 Å². The van der Waals surface area contributed by atoms with Crippen LogP contribution in [0.25, 0.3) is 0 Å². The second-order valence-electron chi connectivity index (χ2n) is 7.24. The van der Waals surface area contributed by atoms with Crippen LogP contribution in [0.4, 0.5) is 21.8 Å². The van der Waals surface area contributed by atoms with Crippen molar-refractivity contribution in [3.8, 4) is 0 Å². The Bertz CT molecular complexity index is 951. The summed E-state index contributed by atoms with van der Waals surface area (Å²) in [4.78, 5) is 10.9. The molecule has 138 valence electrons. The summed E-state index contributed by atoms with van der Waals surface area (Å²) in [6, 6.07) is 10.9. The summed E-state index contributed by atoms with van der Waals surface area (Å²) < 4.78 is 14.3. The van der Waals surface area contributed by atoms with E-state index in [0.717, 1.165) is 36.6 Å². The molecular formula is C20H21FN6. The molecule has 3 heterocycles. The van der Waals surface area contributed by atoms with E-state index in [4.69, 9.17) is 0 Å².